The number of aromatic amines is 1. The van der Waals surface area contributed by atoms with E-state index in [-0.39, 0.29) is 0 Å². The third-order valence-electron chi connectivity index (χ3n) is 2.49. The zero-order valence-electron chi connectivity index (χ0n) is 10.8. The number of H-pyrrole nitrogens is 1. The minimum atomic E-state index is 0.414. The predicted octanol–water partition coefficient (Wildman–Crippen LogP) is 2.75. The fraction of sp³-hybridized carbons (Fsp3) is 0.308. The van der Waals surface area contributed by atoms with Crippen molar-refractivity contribution < 1.29 is 9.47 Å². The molecule has 0 amide bonds. The molecule has 2 heterocycles. The Morgan fingerprint density at radius 2 is 2.21 bits per heavy atom. The van der Waals surface area contributed by atoms with E-state index in [9.17, 15) is 0 Å². The van der Waals surface area contributed by atoms with E-state index in [1.54, 1.807) is 25.4 Å². The van der Waals surface area contributed by atoms with E-state index < -0.39 is 0 Å². The third kappa shape index (κ3) is 3.59. The van der Waals surface area contributed by atoms with E-state index in [2.05, 4.69) is 15.0 Å². The van der Waals surface area contributed by atoms with Crippen LogP contribution in [0, 0.1) is 4.64 Å². The van der Waals surface area contributed by atoms with Gasteiger partial charge in [0.2, 0.25) is 5.88 Å². The molecule has 0 aliphatic heterocycles. The zero-order chi connectivity index (χ0) is 13.7. The Balaban J connectivity index is 2.32. The fourth-order valence-corrected chi connectivity index (χ4v) is 1.82. The molecule has 2 aromatic heterocycles. The second-order valence-electron chi connectivity index (χ2n) is 3.81. The Morgan fingerprint density at radius 3 is 2.84 bits per heavy atom. The number of hydrogen-bond acceptors (Lipinski definition) is 5. The lowest BCUT2D eigenvalue weighted by Gasteiger charge is -2.06. The van der Waals surface area contributed by atoms with E-state index in [0.29, 0.717) is 29.6 Å². The highest BCUT2D eigenvalue weighted by atomic mass is 32.1. The minimum Gasteiger partial charge on any atom is -0.481 e. The van der Waals surface area contributed by atoms with Crippen molar-refractivity contribution in [2.75, 3.05) is 13.7 Å². The Morgan fingerprint density at radius 1 is 1.37 bits per heavy atom. The minimum absolute atomic E-state index is 0.414. The first-order chi connectivity index (χ1) is 9.22. The number of hydrogen-bond donors (Lipinski definition) is 1. The van der Waals surface area contributed by atoms with E-state index in [0.717, 1.165) is 11.3 Å². The summed E-state index contributed by atoms with van der Waals surface area (Å²) in [4.78, 5) is 11.6. The van der Waals surface area contributed by atoms with Gasteiger partial charge >= 0.3 is 0 Å². The molecule has 19 heavy (non-hydrogen) atoms. The van der Waals surface area contributed by atoms with Gasteiger partial charge < -0.3 is 14.5 Å². The van der Waals surface area contributed by atoms with Crippen LogP contribution in [0.15, 0.2) is 24.4 Å². The first-order valence-electron chi connectivity index (χ1n) is 5.91. The van der Waals surface area contributed by atoms with E-state index in [1.165, 1.54) is 0 Å². The van der Waals surface area contributed by atoms with Gasteiger partial charge in [-0.2, -0.15) is 0 Å². The Kier molecular flexibility index (Phi) is 4.59. The molecule has 2 aromatic rings. The summed E-state index contributed by atoms with van der Waals surface area (Å²) in [5.41, 5.74) is 1.79. The summed E-state index contributed by atoms with van der Waals surface area (Å²) in [6.07, 6.45) is 1.73. The summed E-state index contributed by atoms with van der Waals surface area (Å²) in [6, 6.07) is 5.51. The summed E-state index contributed by atoms with van der Waals surface area (Å²) >= 11 is 5.15. The van der Waals surface area contributed by atoms with Crippen LogP contribution in [0.2, 0.25) is 0 Å². The standard InChI is InChI=1S/C13H15N3O2S/c1-3-18-8-11-15-10(6-13(19)16-11)9-4-5-12(17-2)14-7-9/h4-7H,3,8H2,1-2H3,(H,15,16,19). The monoisotopic (exact) mass is 277 g/mol. The van der Waals surface area contributed by atoms with Gasteiger partial charge in [-0.05, 0) is 19.1 Å². The van der Waals surface area contributed by atoms with Crippen LogP contribution >= 0.6 is 12.2 Å². The molecular formula is C13H15N3O2S. The highest BCUT2D eigenvalue weighted by Crippen LogP contribution is 2.18. The molecule has 0 bridgehead atoms. The Hall–Kier alpha value is -1.79. The summed E-state index contributed by atoms with van der Waals surface area (Å²) in [5, 5.41) is 0. The second kappa shape index (κ2) is 6.40. The number of pyridine rings is 1. The number of ether oxygens (including phenoxy) is 2. The normalized spacial score (nSPS) is 10.4. The lowest BCUT2D eigenvalue weighted by molar-refractivity contribution is 0.128. The molecule has 0 aliphatic rings. The lowest BCUT2D eigenvalue weighted by Crippen LogP contribution is -2.00. The van der Waals surface area contributed by atoms with Crippen LogP contribution in [-0.2, 0) is 11.3 Å². The van der Waals surface area contributed by atoms with Gasteiger partial charge in [0.05, 0.1) is 12.8 Å². The van der Waals surface area contributed by atoms with Gasteiger partial charge in [0, 0.05) is 24.4 Å². The van der Waals surface area contributed by atoms with Crippen molar-refractivity contribution in [3.63, 3.8) is 0 Å². The van der Waals surface area contributed by atoms with Crippen molar-refractivity contribution in [2.45, 2.75) is 13.5 Å². The maximum absolute atomic E-state index is 5.33. The molecule has 0 saturated heterocycles. The zero-order valence-corrected chi connectivity index (χ0v) is 11.7. The van der Waals surface area contributed by atoms with Crippen LogP contribution in [0.25, 0.3) is 11.3 Å². The van der Waals surface area contributed by atoms with Crippen LogP contribution in [-0.4, -0.2) is 28.7 Å². The van der Waals surface area contributed by atoms with E-state index in [1.807, 2.05) is 13.0 Å². The first-order valence-corrected chi connectivity index (χ1v) is 6.32. The largest absolute Gasteiger partial charge is 0.481 e. The van der Waals surface area contributed by atoms with Crippen molar-refractivity contribution in [3.05, 3.63) is 34.9 Å². The molecule has 0 aliphatic carbocycles. The van der Waals surface area contributed by atoms with Gasteiger partial charge in [-0.3, -0.25) is 0 Å². The second-order valence-corrected chi connectivity index (χ2v) is 4.22. The SMILES string of the molecule is CCOCc1nc(=S)cc(-c2ccc(OC)nc2)[nH]1. The molecule has 1 N–H and O–H groups in total. The van der Waals surface area contributed by atoms with E-state index in [4.69, 9.17) is 21.7 Å². The van der Waals surface area contributed by atoms with Crippen molar-refractivity contribution in [1.82, 2.24) is 15.0 Å². The quantitative estimate of drug-likeness (QED) is 0.851. The first kappa shape index (κ1) is 13.6. The molecule has 2 rings (SSSR count). The van der Waals surface area contributed by atoms with Crippen molar-refractivity contribution >= 4 is 12.2 Å². The van der Waals surface area contributed by atoms with Crippen LogP contribution in [0.3, 0.4) is 0 Å². The molecule has 0 radical (unpaired) electrons. The maximum atomic E-state index is 5.33. The summed E-state index contributed by atoms with van der Waals surface area (Å²) in [5.74, 6) is 1.28. The lowest BCUT2D eigenvalue weighted by atomic mass is 10.2. The van der Waals surface area contributed by atoms with E-state index >= 15 is 0 Å². The highest BCUT2D eigenvalue weighted by molar-refractivity contribution is 7.71. The average Bonchev–Trinajstić information content (AvgIpc) is 2.44. The van der Waals surface area contributed by atoms with Crippen molar-refractivity contribution in [1.29, 1.82) is 0 Å². The van der Waals surface area contributed by atoms with Crippen LogP contribution in [0.1, 0.15) is 12.7 Å². The number of rotatable bonds is 5. The third-order valence-corrected chi connectivity index (χ3v) is 2.70. The molecule has 0 fully saturated rings. The van der Waals surface area contributed by atoms with Gasteiger partial charge in [0.25, 0.3) is 0 Å². The molecule has 6 heteroatoms. The summed E-state index contributed by atoms with van der Waals surface area (Å²) in [7, 11) is 1.59. The molecule has 100 valence electrons. The number of nitrogens with zero attached hydrogens (tertiary/aromatic N) is 2. The topological polar surface area (TPSA) is 60.0 Å². The van der Waals surface area contributed by atoms with Gasteiger partial charge in [0.15, 0.2) is 0 Å². The molecule has 0 aromatic carbocycles. The molecule has 0 unspecified atom stereocenters. The summed E-state index contributed by atoms with van der Waals surface area (Å²) in [6.45, 7) is 2.99. The van der Waals surface area contributed by atoms with Crippen molar-refractivity contribution in [2.24, 2.45) is 0 Å². The van der Waals surface area contributed by atoms with Crippen molar-refractivity contribution in [3.8, 4) is 17.1 Å². The van der Waals surface area contributed by atoms with Gasteiger partial charge in [-0.1, -0.05) is 12.2 Å². The van der Waals surface area contributed by atoms with Crippen LogP contribution in [0.5, 0.6) is 5.88 Å². The molecular weight excluding hydrogens is 262 g/mol. The van der Waals surface area contributed by atoms with Gasteiger partial charge in [0.1, 0.15) is 17.1 Å². The van der Waals surface area contributed by atoms with Gasteiger partial charge in [-0.15, -0.1) is 0 Å². The molecule has 0 atom stereocenters. The highest BCUT2D eigenvalue weighted by Gasteiger charge is 2.03. The Labute approximate surface area is 116 Å². The smallest absolute Gasteiger partial charge is 0.212 e. The number of nitrogens with one attached hydrogen (secondary N) is 1. The molecule has 0 saturated carbocycles. The van der Waals surface area contributed by atoms with Crippen LogP contribution in [0.4, 0.5) is 0 Å². The molecule has 5 nitrogen and oxygen atoms in total. The predicted molar refractivity (Wildman–Crippen MR) is 74.5 cm³/mol. The number of methoxy groups -OCH3 is 1. The fourth-order valence-electron chi connectivity index (χ4n) is 1.59. The maximum Gasteiger partial charge on any atom is 0.212 e. The Bertz CT molecular complexity index is 596. The van der Waals surface area contributed by atoms with Gasteiger partial charge in [-0.25, -0.2) is 9.97 Å². The number of aromatic nitrogens is 3. The molecule has 0 spiro atoms. The average molecular weight is 277 g/mol. The summed E-state index contributed by atoms with van der Waals surface area (Å²) < 4.78 is 10.9. The van der Waals surface area contributed by atoms with Crippen LogP contribution < -0.4 is 4.74 Å².